The molecule has 3 aromatic rings. The van der Waals surface area contributed by atoms with Crippen LogP contribution >= 0.6 is 0 Å². The minimum absolute atomic E-state index is 0.0184. The number of hydrogen-bond donors (Lipinski definition) is 1. The zero-order valence-corrected chi connectivity index (χ0v) is 11.2. The summed E-state index contributed by atoms with van der Waals surface area (Å²) in [6, 6.07) is 6.59. The number of pyridine rings is 1. The predicted molar refractivity (Wildman–Crippen MR) is 77.0 cm³/mol. The molecule has 0 amide bonds. The third-order valence-electron chi connectivity index (χ3n) is 3.15. The molecule has 3 rings (SSSR count). The molecule has 0 radical (unpaired) electrons. The maximum absolute atomic E-state index is 10.7. The molecule has 0 unspecified atom stereocenters. The molecule has 0 aliphatic carbocycles. The molecular formula is C14H12N4O3. The molecule has 0 saturated carbocycles. The van der Waals surface area contributed by atoms with E-state index in [1.807, 2.05) is 13.0 Å². The van der Waals surface area contributed by atoms with Crippen LogP contribution in [0, 0.1) is 17.0 Å². The van der Waals surface area contributed by atoms with Crippen molar-refractivity contribution in [1.29, 1.82) is 0 Å². The van der Waals surface area contributed by atoms with Crippen LogP contribution in [0.1, 0.15) is 11.1 Å². The Bertz CT molecular complexity index is 813. The molecule has 0 aliphatic heterocycles. The van der Waals surface area contributed by atoms with Crippen LogP contribution in [0.2, 0.25) is 0 Å². The van der Waals surface area contributed by atoms with Gasteiger partial charge in [0.1, 0.15) is 5.52 Å². The van der Waals surface area contributed by atoms with Crippen LogP contribution < -0.4 is 5.32 Å². The van der Waals surface area contributed by atoms with Gasteiger partial charge in [-0.25, -0.2) is 0 Å². The molecule has 0 spiro atoms. The number of benzene rings is 1. The average Bonchev–Trinajstić information content (AvgIpc) is 2.88. The molecule has 7 nitrogen and oxygen atoms in total. The molecule has 0 fully saturated rings. The Hall–Kier alpha value is -2.96. The molecular weight excluding hydrogens is 272 g/mol. The van der Waals surface area contributed by atoms with Crippen molar-refractivity contribution in [1.82, 2.24) is 9.97 Å². The van der Waals surface area contributed by atoms with Gasteiger partial charge in [-0.3, -0.25) is 15.1 Å². The van der Waals surface area contributed by atoms with Crippen LogP contribution in [0.5, 0.6) is 0 Å². The van der Waals surface area contributed by atoms with Gasteiger partial charge >= 0.3 is 0 Å². The van der Waals surface area contributed by atoms with Gasteiger partial charge in [0.05, 0.1) is 11.0 Å². The van der Waals surface area contributed by atoms with Gasteiger partial charge in [-0.2, -0.15) is 4.98 Å². The van der Waals surface area contributed by atoms with E-state index >= 15 is 0 Å². The highest BCUT2D eigenvalue weighted by Crippen LogP contribution is 2.24. The first-order valence-corrected chi connectivity index (χ1v) is 6.32. The highest BCUT2D eigenvalue weighted by Gasteiger charge is 2.11. The molecule has 106 valence electrons. The molecule has 1 N–H and O–H groups in total. The molecule has 21 heavy (non-hydrogen) atoms. The fourth-order valence-electron chi connectivity index (χ4n) is 1.97. The lowest BCUT2D eigenvalue weighted by Crippen LogP contribution is -2.01. The number of oxazole rings is 1. The first-order chi connectivity index (χ1) is 10.1. The van der Waals surface area contributed by atoms with Crippen molar-refractivity contribution in [2.75, 3.05) is 5.32 Å². The van der Waals surface area contributed by atoms with Gasteiger partial charge < -0.3 is 9.73 Å². The van der Waals surface area contributed by atoms with Crippen LogP contribution in [-0.4, -0.2) is 14.9 Å². The van der Waals surface area contributed by atoms with Gasteiger partial charge in [-0.15, -0.1) is 0 Å². The van der Waals surface area contributed by atoms with E-state index in [0.29, 0.717) is 23.7 Å². The number of nitrogens with one attached hydrogen (secondary N) is 1. The molecule has 2 aromatic heterocycles. The van der Waals surface area contributed by atoms with Gasteiger partial charge in [0.25, 0.3) is 11.7 Å². The molecule has 0 saturated heterocycles. The van der Waals surface area contributed by atoms with Crippen LogP contribution in [0.3, 0.4) is 0 Å². The molecule has 1 aromatic carbocycles. The summed E-state index contributed by atoms with van der Waals surface area (Å²) in [6.45, 7) is 2.52. The summed E-state index contributed by atoms with van der Waals surface area (Å²) in [6.07, 6.45) is 3.51. The Morgan fingerprint density at radius 2 is 2.24 bits per heavy atom. The second-order valence-corrected chi connectivity index (χ2v) is 4.58. The number of anilines is 1. The molecule has 0 atom stereocenters. The minimum atomic E-state index is -0.463. The number of rotatable bonds is 4. The monoisotopic (exact) mass is 284 g/mol. The van der Waals surface area contributed by atoms with Gasteiger partial charge in [-0.05, 0) is 30.2 Å². The van der Waals surface area contributed by atoms with Crippen LogP contribution in [0.25, 0.3) is 11.1 Å². The Labute approximate surface area is 119 Å². The van der Waals surface area contributed by atoms with Crippen molar-refractivity contribution in [2.24, 2.45) is 0 Å². The minimum Gasteiger partial charge on any atom is -0.423 e. The molecule has 7 heteroatoms. The number of non-ortho nitro benzene ring substituents is 1. The first-order valence-electron chi connectivity index (χ1n) is 6.32. The second kappa shape index (κ2) is 5.20. The summed E-state index contributed by atoms with van der Waals surface area (Å²) >= 11 is 0. The standard InChI is InChI=1S/C14H12N4O3/c1-9-7-15-5-4-10(9)8-16-14-17-12-3-2-11(18(19)20)6-13(12)21-14/h2-7H,8H2,1H3,(H,16,17). The van der Waals surface area contributed by atoms with Crippen LogP contribution in [0.4, 0.5) is 11.7 Å². The van der Waals surface area contributed by atoms with E-state index in [0.717, 1.165) is 11.1 Å². The van der Waals surface area contributed by atoms with Crippen LogP contribution in [0.15, 0.2) is 41.1 Å². The number of nitrogens with zero attached hydrogens (tertiary/aromatic N) is 3. The summed E-state index contributed by atoms with van der Waals surface area (Å²) in [5.74, 6) is 0. The van der Waals surface area contributed by atoms with E-state index in [4.69, 9.17) is 4.42 Å². The third kappa shape index (κ3) is 2.66. The smallest absolute Gasteiger partial charge is 0.295 e. The summed E-state index contributed by atoms with van der Waals surface area (Å²) in [7, 11) is 0. The maximum atomic E-state index is 10.7. The fourth-order valence-corrected chi connectivity index (χ4v) is 1.97. The third-order valence-corrected chi connectivity index (χ3v) is 3.15. The lowest BCUT2D eigenvalue weighted by Gasteiger charge is -2.04. The first kappa shape index (κ1) is 13.0. The average molecular weight is 284 g/mol. The van der Waals surface area contributed by atoms with E-state index in [9.17, 15) is 10.1 Å². The number of aromatic nitrogens is 2. The van der Waals surface area contributed by atoms with Crippen molar-refractivity contribution in [3.8, 4) is 0 Å². The number of aryl methyl sites for hydroxylation is 1. The zero-order valence-electron chi connectivity index (χ0n) is 11.2. The zero-order chi connectivity index (χ0) is 14.8. The largest absolute Gasteiger partial charge is 0.423 e. The quantitative estimate of drug-likeness (QED) is 0.584. The normalized spacial score (nSPS) is 10.7. The van der Waals surface area contributed by atoms with Crippen molar-refractivity contribution >= 4 is 22.8 Å². The van der Waals surface area contributed by atoms with E-state index in [1.165, 1.54) is 12.1 Å². The van der Waals surface area contributed by atoms with E-state index in [-0.39, 0.29) is 5.69 Å². The van der Waals surface area contributed by atoms with Crippen LogP contribution in [-0.2, 0) is 6.54 Å². The second-order valence-electron chi connectivity index (χ2n) is 4.58. The van der Waals surface area contributed by atoms with Gasteiger partial charge in [0.15, 0.2) is 5.58 Å². The Morgan fingerprint density at radius 1 is 1.38 bits per heavy atom. The number of fused-ring (bicyclic) bond motifs is 1. The Kier molecular flexibility index (Phi) is 3.23. The molecule has 0 aliphatic rings. The van der Waals surface area contributed by atoms with Gasteiger partial charge in [-0.1, -0.05) is 0 Å². The predicted octanol–water partition coefficient (Wildman–Crippen LogP) is 3.05. The highest BCUT2D eigenvalue weighted by molar-refractivity contribution is 5.77. The highest BCUT2D eigenvalue weighted by atomic mass is 16.6. The van der Waals surface area contributed by atoms with Crippen molar-refractivity contribution in [3.05, 3.63) is 57.9 Å². The van der Waals surface area contributed by atoms with Gasteiger partial charge in [0, 0.05) is 25.0 Å². The van der Waals surface area contributed by atoms with E-state index in [1.54, 1.807) is 18.5 Å². The van der Waals surface area contributed by atoms with E-state index in [2.05, 4.69) is 15.3 Å². The summed E-state index contributed by atoms with van der Waals surface area (Å²) in [5.41, 5.74) is 3.10. The van der Waals surface area contributed by atoms with Crippen molar-refractivity contribution < 1.29 is 9.34 Å². The van der Waals surface area contributed by atoms with Crippen molar-refractivity contribution in [2.45, 2.75) is 13.5 Å². The SMILES string of the molecule is Cc1cnccc1CNc1nc2ccc([N+](=O)[O-])cc2o1. The summed E-state index contributed by atoms with van der Waals surface area (Å²) in [5, 5.41) is 13.8. The Balaban J connectivity index is 1.82. The number of nitro groups is 1. The summed E-state index contributed by atoms with van der Waals surface area (Å²) < 4.78 is 5.48. The molecule has 2 heterocycles. The number of nitro benzene ring substituents is 1. The topological polar surface area (TPSA) is 94.1 Å². The lowest BCUT2D eigenvalue weighted by atomic mass is 10.2. The van der Waals surface area contributed by atoms with Gasteiger partial charge in [0.2, 0.25) is 0 Å². The maximum Gasteiger partial charge on any atom is 0.295 e. The number of hydrogen-bond acceptors (Lipinski definition) is 6. The fraction of sp³-hybridized carbons (Fsp3) is 0.143. The lowest BCUT2D eigenvalue weighted by molar-refractivity contribution is -0.384. The van der Waals surface area contributed by atoms with Crippen molar-refractivity contribution in [3.63, 3.8) is 0 Å². The summed E-state index contributed by atoms with van der Waals surface area (Å²) in [4.78, 5) is 18.5. The Morgan fingerprint density at radius 3 is 3.00 bits per heavy atom. The molecule has 0 bridgehead atoms. The van der Waals surface area contributed by atoms with E-state index < -0.39 is 4.92 Å².